The van der Waals surface area contributed by atoms with Crippen LogP contribution >= 0.6 is 11.8 Å². The van der Waals surface area contributed by atoms with Gasteiger partial charge in [0.2, 0.25) is 0 Å². The molecule has 5 nitrogen and oxygen atoms in total. The first kappa shape index (κ1) is 15.8. The van der Waals surface area contributed by atoms with Gasteiger partial charge in [-0.2, -0.15) is 17.0 Å². The summed E-state index contributed by atoms with van der Waals surface area (Å²) >= 11 is 2.04. The number of benzene rings is 1. The van der Waals surface area contributed by atoms with E-state index in [0.717, 1.165) is 18.7 Å². The minimum atomic E-state index is 0.305. The third-order valence-electron chi connectivity index (χ3n) is 3.84. The van der Waals surface area contributed by atoms with Crippen molar-refractivity contribution in [2.45, 2.75) is 6.42 Å². The summed E-state index contributed by atoms with van der Waals surface area (Å²) in [5, 5.41) is 12.2. The molecular formula is C17H19N5S. The first-order chi connectivity index (χ1) is 11.3. The van der Waals surface area contributed by atoms with E-state index in [1.54, 1.807) is 6.20 Å². The number of rotatable bonds is 5. The van der Waals surface area contributed by atoms with Crippen LogP contribution in [0.5, 0.6) is 0 Å². The van der Waals surface area contributed by atoms with Crippen LogP contribution in [0.1, 0.15) is 11.3 Å². The molecule has 1 aromatic carbocycles. The van der Waals surface area contributed by atoms with Gasteiger partial charge in [-0.1, -0.05) is 12.1 Å². The Morgan fingerprint density at radius 1 is 1.13 bits per heavy atom. The average Bonchev–Trinajstić information content (AvgIpc) is 2.62. The molecule has 1 aliphatic heterocycles. The normalized spacial score (nSPS) is 15.1. The highest BCUT2D eigenvalue weighted by Crippen LogP contribution is 2.17. The molecule has 0 unspecified atom stereocenters. The second-order valence-electron chi connectivity index (χ2n) is 5.39. The first-order valence-electron chi connectivity index (χ1n) is 7.72. The molecule has 1 aromatic heterocycles. The Labute approximate surface area is 140 Å². The highest BCUT2D eigenvalue weighted by Gasteiger charge is 2.10. The van der Waals surface area contributed by atoms with Crippen molar-refractivity contribution in [1.82, 2.24) is 14.9 Å². The Hall–Kier alpha value is -2.10. The molecule has 0 aliphatic carbocycles. The molecule has 1 aliphatic rings. The molecule has 0 bridgehead atoms. The van der Waals surface area contributed by atoms with E-state index in [0.29, 0.717) is 11.5 Å². The smallest absolute Gasteiger partial charge is 0.183 e. The third kappa shape index (κ3) is 4.44. The summed E-state index contributed by atoms with van der Waals surface area (Å²) in [4.78, 5) is 10.7. The van der Waals surface area contributed by atoms with Crippen molar-refractivity contribution < 1.29 is 0 Å². The molecule has 1 fully saturated rings. The summed E-state index contributed by atoms with van der Waals surface area (Å²) in [5.74, 6) is 3.00. The van der Waals surface area contributed by atoms with Gasteiger partial charge in [0.25, 0.3) is 0 Å². The maximum atomic E-state index is 9.04. The molecule has 0 saturated carbocycles. The van der Waals surface area contributed by atoms with Crippen LogP contribution in [0.2, 0.25) is 0 Å². The van der Waals surface area contributed by atoms with E-state index in [9.17, 15) is 0 Å². The number of hydrogen-bond acceptors (Lipinski definition) is 6. The zero-order valence-corrected chi connectivity index (χ0v) is 13.7. The number of nitrogens with zero attached hydrogens (tertiary/aromatic N) is 4. The van der Waals surface area contributed by atoms with Crippen LogP contribution in [0.25, 0.3) is 0 Å². The lowest BCUT2D eigenvalue weighted by molar-refractivity contribution is 0.306. The van der Waals surface area contributed by atoms with Crippen molar-refractivity contribution >= 4 is 23.3 Å². The highest BCUT2D eigenvalue weighted by molar-refractivity contribution is 7.99. The monoisotopic (exact) mass is 325 g/mol. The molecule has 0 amide bonds. The fourth-order valence-corrected chi connectivity index (χ4v) is 3.49. The summed E-state index contributed by atoms with van der Waals surface area (Å²) in [5.41, 5.74) is 2.55. The van der Waals surface area contributed by atoms with Crippen LogP contribution in [0.3, 0.4) is 0 Å². The van der Waals surface area contributed by atoms with Gasteiger partial charge in [0.15, 0.2) is 11.5 Å². The number of thioether (sulfide) groups is 1. The van der Waals surface area contributed by atoms with Gasteiger partial charge in [-0.05, 0) is 24.1 Å². The van der Waals surface area contributed by atoms with Crippen molar-refractivity contribution in [1.29, 1.82) is 5.26 Å². The van der Waals surface area contributed by atoms with Crippen molar-refractivity contribution in [2.24, 2.45) is 0 Å². The molecule has 1 N–H and O–H groups in total. The van der Waals surface area contributed by atoms with Crippen LogP contribution in [-0.2, 0) is 6.42 Å². The summed E-state index contributed by atoms with van der Waals surface area (Å²) < 4.78 is 0. The van der Waals surface area contributed by atoms with E-state index in [2.05, 4.69) is 32.3 Å². The van der Waals surface area contributed by atoms with E-state index in [-0.39, 0.29) is 0 Å². The van der Waals surface area contributed by atoms with Gasteiger partial charge in [-0.15, -0.1) is 0 Å². The van der Waals surface area contributed by atoms with Crippen molar-refractivity contribution in [3.8, 4) is 6.07 Å². The van der Waals surface area contributed by atoms with E-state index < -0.39 is 0 Å². The number of anilines is 2. The zero-order valence-electron chi connectivity index (χ0n) is 12.9. The average molecular weight is 325 g/mol. The Balaban J connectivity index is 1.57. The number of nitrogens with one attached hydrogen (secondary N) is 1. The fraction of sp³-hybridized carbons (Fsp3) is 0.353. The lowest BCUT2D eigenvalue weighted by Gasteiger charge is -2.26. The van der Waals surface area contributed by atoms with Crippen LogP contribution in [0, 0.1) is 11.3 Å². The van der Waals surface area contributed by atoms with Gasteiger partial charge in [0.05, 0.1) is 0 Å². The van der Waals surface area contributed by atoms with Gasteiger partial charge in [-0.25, -0.2) is 9.97 Å². The molecule has 118 valence electrons. The van der Waals surface area contributed by atoms with E-state index in [1.807, 2.05) is 30.0 Å². The molecule has 3 rings (SSSR count). The topological polar surface area (TPSA) is 64.8 Å². The molecule has 0 radical (unpaired) electrons. The van der Waals surface area contributed by atoms with Crippen molar-refractivity contribution in [3.63, 3.8) is 0 Å². The fourth-order valence-electron chi connectivity index (χ4n) is 2.51. The van der Waals surface area contributed by atoms with Gasteiger partial charge in [0, 0.05) is 49.2 Å². The molecule has 2 heterocycles. The van der Waals surface area contributed by atoms with Crippen molar-refractivity contribution in [3.05, 3.63) is 47.9 Å². The second kappa shape index (κ2) is 7.95. The molecule has 0 atom stereocenters. The Kier molecular flexibility index (Phi) is 5.46. The van der Waals surface area contributed by atoms with E-state index in [1.165, 1.54) is 36.4 Å². The number of nitriles is 1. The lowest BCUT2D eigenvalue weighted by Crippen LogP contribution is -2.34. The second-order valence-corrected chi connectivity index (χ2v) is 6.62. The summed E-state index contributed by atoms with van der Waals surface area (Å²) in [6.45, 7) is 3.53. The maximum absolute atomic E-state index is 9.04. The largest absolute Gasteiger partial charge is 0.338 e. The Morgan fingerprint density at radius 2 is 1.87 bits per heavy atom. The predicted molar refractivity (Wildman–Crippen MR) is 93.9 cm³/mol. The maximum Gasteiger partial charge on any atom is 0.183 e. The SMILES string of the molecule is N#Cc1nccnc1Nc1ccc(CCN2CCSCC2)cc1. The summed E-state index contributed by atoms with van der Waals surface area (Å²) in [6, 6.07) is 10.3. The molecule has 2 aromatic rings. The summed E-state index contributed by atoms with van der Waals surface area (Å²) in [7, 11) is 0. The minimum absolute atomic E-state index is 0.305. The van der Waals surface area contributed by atoms with Crippen LogP contribution in [0.15, 0.2) is 36.7 Å². The van der Waals surface area contributed by atoms with Crippen LogP contribution < -0.4 is 5.32 Å². The van der Waals surface area contributed by atoms with Gasteiger partial charge < -0.3 is 10.2 Å². The quantitative estimate of drug-likeness (QED) is 0.912. The number of hydrogen-bond donors (Lipinski definition) is 1. The highest BCUT2D eigenvalue weighted by atomic mass is 32.2. The third-order valence-corrected chi connectivity index (χ3v) is 4.78. The summed E-state index contributed by atoms with van der Waals surface area (Å²) in [6.07, 6.45) is 4.17. The van der Waals surface area contributed by atoms with Gasteiger partial charge in [0.1, 0.15) is 6.07 Å². The number of aromatic nitrogens is 2. The molecule has 6 heteroatoms. The van der Waals surface area contributed by atoms with Crippen LogP contribution in [0.4, 0.5) is 11.5 Å². The van der Waals surface area contributed by atoms with E-state index in [4.69, 9.17) is 5.26 Å². The molecule has 1 saturated heterocycles. The Morgan fingerprint density at radius 3 is 2.61 bits per heavy atom. The first-order valence-corrected chi connectivity index (χ1v) is 8.88. The predicted octanol–water partition coefficient (Wildman–Crippen LogP) is 2.68. The van der Waals surface area contributed by atoms with Crippen LogP contribution in [-0.4, -0.2) is 46.0 Å². The minimum Gasteiger partial charge on any atom is -0.338 e. The van der Waals surface area contributed by atoms with E-state index >= 15 is 0 Å². The lowest BCUT2D eigenvalue weighted by atomic mass is 10.1. The molecule has 0 spiro atoms. The Bertz CT molecular complexity index is 674. The zero-order chi connectivity index (χ0) is 15.9. The molecular weight excluding hydrogens is 306 g/mol. The van der Waals surface area contributed by atoms with Crippen molar-refractivity contribution in [2.75, 3.05) is 36.5 Å². The van der Waals surface area contributed by atoms with Gasteiger partial charge >= 0.3 is 0 Å². The van der Waals surface area contributed by atoms with Gasteiger partial charge in [-0.3, -0.25) is 0 Å². The molecule has 23 heavy (non-hydrogen) atoms. The standard InChI is InChI=1S/C17H19N5S/c18-13-16-17(20-7-6-19-16)21-15-3-1-14(2-4-15)5-8-22-9-11-23-12-10-22/h1-4,6-7H,5,8-12H2,(H,20,21).